The number of benzene rings is 1. The number of rotatable bonds is 3. The van der Waals surface area contributed by atoms with E-state index in [0.717, 1.165) is 12.1 Å². The number of carbonyl (C=O) groups is 1. The van der Waals surface area contributed by atoms with Crippen LogP contribution in [-0.2, 0) is 14.9 Å². The van der Waals surface area contributed by atoms with Crippen LogP contribution >= 0.6 is 0 Å². The van der Waals surface area contributed by atoms with Crippen LogP contribution in [0.1, 0.15) is 17.3 Å². The molecule has 0 fully saturated rings. The fraction of sp³-hybridized carbons (Fsp3) is 0.222. The van der Waals surface area contributed by atoms with Gasteiger partial charge in [0.05, 0.1) is 17.1 Å². The van der Waals surface area contributed by atoms with Crippen molar-refractivity contribution < 1.29 is 41.4 Å². The maximum absolute atomic E-state index is 11.2. The van der Waals surface area contributed by atoms with E-state index in [0.29, 0.717) is 0 Å². The molecule has 0 radical (unpaired) electrons. The zero-order valence-corrected chi connectivity index (χ0v) is 9.78. The molecule has 82 valence electrons. The Morgan fingerprint density at radius 1 is 1.44 bits per heavy atom. The summed E-state index contributed by atoms with van der Waals surface area (Å²) in [5.74, 6) is -0.650. The van der Waals surface area contributed by atoms with E-state index in [2.05, 4.69) is 4.74 Å². The molecule has 0 aliphatic carbocycles. The second kappa shape index (κ2) is 6.06. The molecular formula is C9H9LiO5S. The monoisotopic (exact) mass is 236 g/mol. The molecule has 0 aliphatic heterocycles. The van der Waals surface area contributed by atoms with Crippen molar-refractivity contribution in [3.05, 3.63) is 29.8 Å². The van der Waals surface area contributed by atoms with Crippen LogP contribution in [0.2, 0.25) is 0 Å². The second-order valence-electron chi connectivity index (χ2n) is 2.70. The molecule has 0 bridgehead atoms. The summed E-state index contributed by atoms with van der Waals surface area (Å²) in [6, 6.07) is 4.83. The average Bonchev–Trinajstić information content (AvgIpc) is 2.17. The van der Waals surface area contributed by atoms with Gasteiger partial charge in [0.25, 0.3) is 0 Å². The van der Waals surface area contributed by atoms with Crippen LogP contribution in [0.3, 0.4) is 0 Å². The fourth-order valence-corrected chi connectivity index (χ4v) is 1.51. The molecule has 0 aromatic heterocycles. The molecule has 0 aliphatic rings. The molecule has 5 nitrogen and oxygen atoms in total. The standard InChI is InChI=1S/C9H10O5S.Li/c1-2-14-9(10)7-4-3-5-8(6-7)15(11,12)13;/h3-6H,2H2,1H3,(H,11,12,13);/q;+1/p-1. The van der Waals surface area contributed by atoms with Crippen LogP contribution in [0.5, 0.6) is 0 Å². The molecule has 0 spiro atoms. The molecule has 1 aromatic rings. The van der Waals surface area contributed by atoms with Gasteiger partial charge < -0.3 is 9.29 Å². The van der Waals surface area contributed by atoms with E-state index in [1.54, 1.807) is 6.92 Å². The normalized spacial score (nSPS) is 10.4. The van der Waals surface area contributed by atoms with Crippen molar-refractivity contribution in [3.63, 3.8) is 0 Å². The van der Waals surface area contributed by atoms with Gasteiger partial charge in [0.1, 0.15) is 10.1 Å². The van der Waals surface area contributed by atoms with E-state index in [9.17, 15) is 17.8 Å². The van der Waals surface area contributed by atoms with Gasteiger partial charge >= 0.3 is 24.8 Å². The van der Waals surface area contributed by atoms with E-state index >= 15 is 0 Å². The van der Waals surface area contributed by atoms with Crippen molar-refractivity contribution >= 4 is 16.1 Å². The smallest absolute Gasteiger partial charge is 0.744 e. The van der Waals surface area contributed by atoms with Crippen LogP contribution in [0.25, 0.3) is 0 Å². The van der Waals surface area contributed by atoms with Crippen molar-refractivity contribution in [1.29, 1.82) is 0 Å². The van der Waals surface area contributed by atoms with E-state index in [-0.39, 0.29) is 31.0 Å². The summed E-state index contributed by atoms with van der Waals surface area (Å²) in [7, 11) is -4.53. The van der Waals surface area contributed by atoms with Crippen molar-refractivity contribution in [2.75, 3.05) is 6.61 Å². The Morgan fingerprint density at radius 2 is 2.06 bits per heavy atom. The Morgan fingerprint density at radius 3 is 2.56 bits per heavy atom. The van der Waals surface area contributed by atoms with E-state index in [1.807, 2.05) is 0 Å². The van der Waals surface area contributed by atoms with Crippen LogP contribution in [-0.4, -0.2) is 25.5 Å². The molecule has 0 heterocycles. The largest absolute Gasteiger partial charge is 1.00 e. The summed E-state index contributed by atoms with van der Waals surface area (Å²) in [6.45, 7) is 1.82. The Kier molecular flexibility index (Phi) is 5.76. The molecule has 0 saturated heterocycles. The van der Waals surface area contributed by atoms with Gasteiger partial charge in [-0.3, -0.25) is 0 Å². The zero-order chi connectivity index (χ0) is 11.5. The summed E-state index contributed by atoms with van der Waals surface area (Å²) in [5.41, 5.74) is 0.0498. The molecule has 7 heteroatoms. The maximum Gasteiger partial charge on any atom is 1.00 e. The summed E-state index contributed by atoms with van der Waals surface area (Å²) in [4.78, 5) is 10.8. The minimum atomic E-state index is -4.53. The first-order chi connectivity index (χ1) is 6.95. The first kappa shape index (κ1) is 15.2. The molecule has 16 heavy (non-hydrogen) atoms. The third-order valence-corrected chi connectivity index (χ3v) is 2.47. The second-order valence-corrected chi connectivity index (χ2v) is 4.08. The van der Waals surface area contributed by atoms with Crippen molar-refractivity contribution in [2.45, 2.75) is 11.8 Å². The molecule has 1 rings (SSSR count). The molecule has 0 N–H and O–H groups in total. The van der Waals surface area contributed by atoms with Crippen molar-refractivity contribution in [1.82, 2.24) is 0 Å². The van der Waals surface area contributed by atoms with Gasteiger partial charge in [0.15, 0.2) is 0 Å². The number of hydrogen-bond donors (Lipinski definition) is 0. The van der Waals surface area contributed by atoms with E-state index in [4.69, 9.17) is 0 Å². The topological polar surface area (TPSA) is 83.5 Å². The van der Waals surface area contributed by atoms with Gasteiger partial charge in [-0.1, -0.05) is 6.07 Å². The summed E-state index contributed by atoms with van der Waals surface area (Å²) in [6.07, 6.45) is 0. The summed E-state index contributed by atoms with van der Waals surface area (Å²) >= 11 is 0. The fourth-order valence-electron chi connectivity index (χ4n) is 0.993. The number of hydrogen-bond acceptors (Lipinski definition) is 5. The summed E-state index contributed by atoms with van der Waals surface area (Å²) < 4.78 is 36.6. The predicted molar refractivity (Wildman–Crippen MR) is 50.4 cm³/mol. The molecule has 0 amide bonds. The maximum atomic E-state index is 11.2. The van der Waals surface area contributed by atoms with Gasteiger partial charge in [-0.15, -0.1) is 0 Å². The third kappa shape index (κ3) is 3.98. The first-order valence-corrected chi connectivity index (χ1v) is 5.59. The minimum Gasteiger partial charge on any atom is -0.744 e. The SMILES string of the molecule is CCOC(=O)c1cccc(S(=O)(=O)[O-])c1.[Li+]. The van der Waals surface area contributed by atoms with E-state index in [1.165, 1.54) is 12.1 Å². The molecule has 0 saturated carbocycles. The Hall–Kier alpha value is -0.803. The van der Waals surface area contributed by atoms with Crippen molar-refractivity contribution in [2.24, 2.45) is 0 Å². The Balaban J connectivity index is 0.00000225. The van der Waals surface area contributed by atoms with Gasteiger partial charge in [0, 0.05) is 0 Å². The van der Waals surface area contributed by atoms with Crippen LogP contribution in [0, 0.1) is 0 Å². The zero-order valence-electron chi connectivity index (χ0n) is 8.97. The van der Waals surface area contributed by atoms with Gasteiger partial charge in [-0.25, -0.2) is 13.2 Å². The summed E-state index contributed by atoms with van der Waals surface area (Å²) in [5, 5.41) is 0. The van der Waals surface area contributed by atoms with Crippen LogP contribution in [0.15, 0.2) is 29.2 Å². The average molecular weight is 236 g/mol. The third-order valence-electron chi connectivity index (χ3n) is 1.63. The minimum absolute atomic E-state index is 0. The molecular weight excluding hydrogens is 227 g/mol. The van der Waals surface area contributed by atoms with Gasteiger partial charge in [-0.05, 0) is 25.1 Å². The van der Waals surface area contributed by atoms with Gasteiger partial charge in [-0.2, -0.15) is 0 Å². The van der Waals surface area contributed by atoms with Gasteiger partial charge in [0.2, 0.25) is 0 Å². The molecule has 0 atom stereocenters. The van der Waals surface area contributed by atoms with Crippen molar-refractivity contribution in [3.8, 4) is 0 Å². The Bertz CT molecular complexity index is 469. The molecule has 0 unspecified atom stereocenters. The van der Waals surface area contributed by atoms with E-state index < -0.39 is 21.0 Å². The van der Waals surface area contributed by atoms with Crippen LogP contribution in [0.4, 0.5) is 0 Å². The number of esters is 1. The quantitative estimate of drug-likeness (QED) is 0.337. The number of ether oxygens (including phenoxy) is 1. The predicted octanol–water partition coefficient (Wildman–Crippen LogP) is -2.23. The van der Waals surface area contributed by atoms with Crippen LogP contribution < -0.4 is 18.9 Å². The first-order valence-electron chi connectivity index (χ1n) is 4.18. The molecule has 1 aromatic carbocycles. The Labute approximate surface area is 106 Å². The number of carbonyl (C=O) groups excluding carboxylic acids is 1.